The Labute approximate surface area is 111 Å². The number of hydrogen-bond donors (Lipinski definition) is 1. The maximum absolute atomic E-state index is 12.2. The van der Waals surface area contributed by atoms with Gasteiger partial charge in [-0.2, -0.15) is 0 Å². The zero-order valence-corrected chi connectivity index (χ0v) is 12.0. The van der Waals surface area contributed by atoms with Gasteiger partial charge in [-0.25, -0.2) is 0 Å². The van der Waals surface area contributed by atoms with Gasteiger partial charge in [-0.15, -0.1) is 0 Å². The van der Waals surface area contributed by atoms with Crippen LogP contribution in [0.5, 0.6) is 0 Å². The standard InChI is InChI=1S/C15H28N2O/c1-12-9-13(2)11-17(10-12)15(18)7-6-14-5-3-4-8-16-14/h12-14,16H,3-11H2,1-2H3. The molecule has 0 radical (unpaired) electrons. The van der Waals surface area contributed by atoms with Crippen molar-refractivity contribution in [2.24, 2.45) is 11.8 Å². The third kappa shape index (κ3) is 3.98. The molecule has 1 amide bonds. The monoisotopic (exact) mass is 252 g/mol. The Bertz CT molecular complexity index is 264. The Morgan fingerprint density at radius 2 is 1.94 bits per heavy atom. The molecule has 3 atom stereocenters. The summed E-state index contributed by atoms with van der Waals surface area (Å²) in [5.41, 5.74) is 0. The molecule has 3 nitrogen and oxygen atoms in total. The van der Waals surface area contributed by atoms with Crippen molar-refractivity contribution in [2.45, 2.75) is 58.4 Å². The van der Waals surface area contributed by atoms with E-state index in [1.807, 2.05) is 0 Å². The first-order valence-corrected chi connectivity index (χ1v) is 7.66. The molecule has 1 N–H and O–H groups in total. The first kappa shape index (κ1) is 13.9. The van der Waals surface area contributed by atoms with Gasteiger partial charge < -0.3 is 10.2 Å². The van der Waals surface area contributed by atoms with Gasteiger partial charge in [0.05, 0.1) is 0 Å². The molecule has 0 spiro atoms. The number of carbonyl (C=O) groups is 1. The van der Waals surface area contributed by atoms with Crippen molar-refractivity contribution in [1.29, 1.82) is 0 Å². The number of rotatable bonds is 3. The molecule has 2 saturated heterocycles. The summed E-state index contributed by atoms with van der Waals surface area (Å²) in [7, 11) is 0. The summed E-state index contributed by atoms with van der Waals surface area (Å²) >= 11 is 0. The van der Waals surface area contributed by atoms with Gasteiger partial charge >= 0.3 is 0 Å². The van der Waals surface area contributed by atoms with Gasteiger partial charge in [-0.05, 0) is 44.1 Å². The van der Waals surface area contributed by atoms with Crippen LogP contribution in [0.4, 0.5) is 0 Å². The normalized spacial score (nSPS) is 33.4. The first-order chi connectivity index (χ1) is 8.65. The van der Waals surface area contributed by atoms with E-state index in [0.29, 0.717) is 23.8 Å². The zero-order chi connectivity index (χ0) is 13.0. The number of nitrogens with one attached hydrogen (secondary N) is 1. The average Bonchev–Trinajstić information content (AvgIpc) is 2.36. The van der Waals surface area contributed by atoms with E-state index in [0.717, 1.165) is 32.5 Å². The van der Waals surface area contributed by atoms with Crippen molar-refractivity contribution >= 4 is 5.91 Å². The van der Waals surface area contributed by atoms with E-state index in [1.165, 1.54) is 25.7 Å². The molecule has 0 aromatic rings. The maximum Gasteiger partial charge on any atom is 0.222 e. The van der Waals surface area contributed by atoms with Crippen molar-refractivity contribution in [3.63, 3.8) is 0 Å². The van der Waals surface area contributed by atoms with Gasteiger partial charge in [-0.1, -0.05) is 20.3 Å². The molecule has 2 fully saturated rings. The zero-order valence-electron chi connectivity index (χ0n) is 12.0. The minimum absolute atomic E-state index is 0.376. The summed E-state index contributed by atoms with van der Waals surface area (Å²) < 4.78 is 0. The summed E-state index contributed by atoms with van der Waals surface area (Å²) in [6, 6.07) is 0.585. The third-order valence-electron chi connectivity index (χ3n) is 4.34. The molecule has 2 heterocycles. The van der Waals surface area contributed by atoms with Crippen LogP contribution in [0.1, 0.15) is 52.4 Å². The van der Waals surface area contributed by atoms with Crippen LogP contribution in [-0.4, -0.2) is 36.5 Å². The van der Waals surface area contributed by atoms with Crippen molar-refractivity contribution in [1.82, 2.24) is 10.2 Å². The number of carbonyl (C=O) groups excluding carboxylic acids is 1. The van der Waals surface area contributed by atoms with E-state index >= 15 is 0 Å². The van der Waals surface area contributed by atoms with E-state index in [1.54, 1.807) is 0 Å². The van der Waals surface area contributed by atoms with Crippen LogP contribution in [-0.2, 0) is 4.79 Å². The molecule has 0 aromatic heterocycles. The van der Waals surface area contributed by atoms with E-state index in [-0.39, 0.29) is 0 Å². The molecule has 3 heteroatoms. The third-order valence-corrected chi connectivity index (χ3v) is 4.34. The van der Waals surface area contributed by atoms with Gasteiger partial charge in [0.25, 0.3) is 0 Å². The van der Waals surface area contributed by atoms with Gasteiger partial charge in [0, 0.05) is 25.6 Å². The molecule has 3 unspecified atom stereocenters. The molecule has 0 aromatic carbocycles. The lowest BCUT2D eigenvalue weighted by Gasteiger charge is -2.35. The van der Waals surface area contributed by atoms with Crippen molar-refractivity contribution in [2.75, 3.05) is 19.6 Å². The second-order valence-electron chi connectivity index (χ2n) is 6.43. The molecule has 0 saturated carbocycles. The van der Waals surface area contributed by atoms with Gasteiger partial charge in [-0.3, -0.25) is 4.79 Å². The molecular formula is C15H28N2O. The molecule has 0 bridgehead atoms. The van der Waals surface area contributed by atoms with E-state index in [4.69, 9.17) is 0 Å². The van der Waals surface area contributed by atoms with Crippen LogP contribution < -0.4 is 5.32 Å². The lowest BCUT2D eigenvalue weighted by molar-refractivity contribution is -0.134. The second-order valence-corrected chi connectivity index (χ2v) is 6.43. The lowest BCUT2D eigenvalue weighted by atomic mass is 9.91. The highest BCUT2D eigenvalue weighted by atomic mass is 16.2. The number of likely N-dealkylation sites (tertiary alicyclic amines) is 1. The van der Waals surface area contributed by atoms with Gasteiger partial charge in [0.1, 0.15) is 0 Å². The fourth-order valence-corrected chi connectivity index (χ4v) is 3.49. The SMILES string of the molecule is CC1CC(C)CN(C(=O)CCC2CCCCN2)C1. The smallest absolute Gasteiger partial charge is 0.222 e. The predicted molar refractivity (Wildman–Crippen MR) is 74.4 cm³/mol. The van der Waals surface area contributed by atoms with E-state index < -0.39 is 0 Å². The van der Waals surface area contributed by atoms with Crippen LogP contribution in [0.3, 0.4) is 0 Å². The Hall–Kier alpha value is -0.570. The second kappa shape index (κ2) is 6.55. The number of hydrogen-bond acceptors (Lipinski definition) is 2. The van der Waals surface area contributed by atoms with Gasteiger partial charge in [0.2, 0.25) is 5.91 Å². The highest BCUT2D eigenvalue weighted by Gasteiger charge is 2.25. The highest BCUT2D eigenvalue weighted by Crippen LogP contribution is 2.22. The first-order valence-electron chi connectivity index (χ1n) is 7.66. The minimum atomic E-state index is 0.376. The quantitative estimate of drug-likeness (QED) is 0.836. The molecule has 104 valence electrons. The van der Waals surface area contributed by atoms with Crippen LogP contribution in [0, 0.1) is 11.8 Å². The fraction of sp³-hybridized carbons (Fsp3) is 0.933. The molecule has 18 heavy (non-hydrogen) atoms. The van der Waals surface area contributed by atoms with Gasteiger partial charge in [0.15, 0.2) is 0 Å². The van der Waals surface area contributed by atoms with Crippen molar-refractivity contribution in [3.05, 3.63) is 0 Å². The van der Waals surface area contributed by atoms with E-state index in [9.17, 15) is 4.79 Å². The van der Waals surface area contributed by atoms with E-state index in [2.05, 4.69) is 24.1 Å². The Morgan fingerprint density at radius 3 is 2.56 bits per heavy atom. The molecular weight excluding hydrogens is 224 g/mol. The average molecular weight is 252 g/mol. The van der Waals surface area contributed by atoms with Crippen LogP contribution >= 0.6 is 0 Å². The number of piperidine rings is 2. The maximum atomic E-state index is 12.2. The van der Waals surface area contributed by atoms with Crippen molar-refractivity contribution in [3.8, 4) is 0 Å². The van der Waals surface area contributed by atoms with Crippen LogP contribution in [0.25, 0.3) is 0 Å². The Morgan fingerprint density at radius 1 is 1.22 bits per heavy atom. The number of amides is 1. The molecule has 2 rings (SSSR count). The minimum Gasteiger partial charge on any atom is -0.342 e. The summed E-state index contributed by atoms with van der Waals surface area (Å²) in [5, 5.41) is 3.52. The fourth-order valence-electron chi connectivity index (χ4n) is 3.49. The van der Waals surface area contributed by atoms with Crippen LogP contribution in [0.2, 0.25) is 0 Å². The Kier molecular flexibility index (Phi) is 5.04. The topological polar surface area (TPSA) is 32.3 Å². The number of nitrogens with zero attached hydrogens (tertiary/aromatic N) is 1. The molecule has 2 aliphatic rings. The van der Waals surface area contributed by atoms with Crippen LogP contribution in [0.15, 0.2) is 0 Å². The van der Waals surface area contributed by atoms with Crippen molar-refractivity contribution < 1.29 is 4.79 Å². The summed E-state index contributed by atoms with van der Waals surface area (Å²) in [5.74, 6) is 1.72. The predicted octanol–water partition coefficient (Wildman–Crippen LogP) is 2.41. The summed E-state index contributed by atoms with van der Waals surface area (Å²) in [6.45, 7) is 7.61. The molecule has 0 aliphatic carbocycles. The summed E-state index contributed by atoms with van der Waals surface area (Å²) in [6.07, 6.45) is 6.90. The largest absolute Gasteiger partial charge is 0.342 e. The Balaban J connectivity index is 1.73. The summed E-state index contributed by atoms with van der Waals surface area (Å²) in [4.78, 5) is 14.3. The molecule has 2 aliphatic heterocycles. The lowest BCUT2D eigenvalue weighted by Crippen LogP contribution is -2.43. The highest BCUT2D eigenvalue weighted by molar-refractivity contribution is 5.76.